The number of carbonyl (C=O) groups excluding carboxylic acids is 1. The lowest BCUT2D eigenvalue weighted by atomic mass is 9.99. The lowest BCUT2D eigenvalue weighted by molar-refractivity contribution is -0.136. The number of aromatic amines is 1. The zero-order valence-electron chi connectivity index (χ0n) is 12.5. The molecule has 1 saturated heterocycles. The second-order valence-electron chi connectivity index (χ2n) is 5.58. The number of nitrogens with zero attached hydrogens (tertiary/aromatic N) is 4. The Morgan fingerprint density at radius 2 is 2.23 bits per heavy atom. The van der Waals surface area contributed by atoms with Crippen molar-refractivity contribution in [1.29, 1.82) is 0 Å². The molecule has 1 amide bonds. The molecule has 0 aromatic carbocycles. The number of rotatable bonds is 3. The fourth-order valence-electron chi connectivity index (χ4n) is 2.89. The van der Waals surface area contributed by atoms with Crippen molar-refractivity contribution in [2.24, 2.45) is 0 Å². The van der Waals surface area contributed by atoms with Gasteiger partial charge in [0.2, 0.25) is 5.91 Å². The van der Waals surface area contributed by atoms with E-state index in [1.54, 1.807) is 19.2 Å². The van der Waals surface area contributed by atoms with Crippen LogP contribution < -0.4 is 5.56 Å². The lowest BCUT2D eigenvalue weighted by Crippen LogP contribution is -2.42. The Morgan fingerprint density at radius 1 is 1.36 bits per heavy atom. The summed E-state index contributed by atoms with van der Waals surface area (Å²) in [7, 11) is 0. The van der Waals surface area contributed by atoms with Crippen LogP contribution in [-0.4, -0.2) is 37.3 Å². The molecular weight excluding hydrogens is 282 g/mol. The van der Waals surface area contributed by atoms with E-state index in [4.69, 9.17) is 0 Å². The number of amides is 1. The van der Waals surface area contributed by atoms with E-state index in [1.807, 2.05) is 11.0 Å². The molecule has 7 nitrogen and oxygen atoms in total. The molecule has 0 aliphatic carbocycles. The van der Waals surface area contributed by atoms with Gasteiger partial charge in [0.15, 0.2) is 0 Å². The predicted molar refractivity (Wildman–Crippen MR) is 80.1 cm³/mol. The first-order chi connectivity index (χ1) is 10.6. The summed E-state index contributed by atoms with van der Waals surface area (Å²) in [6.45, 7) is 2.48. The third-order valence-electron chi connectivity index (χ3n) is 3.99. The van der Waals surface area contributed by atoms with Crippen molar-refractivity contribution < 1.29 is 4.79 Å². The van der Waals surface area contributed by atoms with Gasteiger partial charge in [0.1, 0.15) is 6.54 Å². The monoisotopic (exact) mass is 301 g/mol. The van der Waals surface area contributed by atoms with Crippen LogP contribution in [0.25, 0.3) is 0 Å². The van der Waals surface area contributed by atoms with E-state index in [-0.39, 0.29) is 24.1 Å². The zero-order valence-corrected chi connectivity index (χ0v) is 12.5. The van der Waals surface area contributed by atoms with Gasteiger partial charge in [0, 0.05) is 18.8 Å². The minimum absolute atomic E-state index is 0.00395. The number of H-pyrrole nitrogens is 1. The average molecular weight is 301 g/mol. The molecule has 7 heteroatoms. The van der Waals surface area contributed by atoms with Crippen LogP contribution in [0.3, 0.4) is 0 Å². The highest BCUT2D eigenvalue weighted by Crippen LogP contribution is 2.29. The number of piperidine rings is 1. The summed E-state index contributed by atoms with van der Waals surface area (Å²) in [6.07, 6.45) is 4.66. The van der Waals surface area contributed by atoms with Crippen LogP contribution in [0.4, 0.5) is 0 Å². The van der Waals surface area contributed by atoms with E-state index < -0.39 is 0 Å². The summed E-state index contributed by atoms with van der Waals surface area (Å²) in [6, 6.07) is 4.99. The highest BCUT2D eigenvalue weighted by molar-refractivity contribution is 5.76. The van der Waals surface area contributed by atoms with Crippen LogP contribution in [0.5, 0.6) is 0 Å². The summed E-state index contributed by atoms with van der Waals surface area (Å²) in [5.41, 5.74) is 1.41. The summed E-state index contributed by atoms with van der Waals surface area (Å²) in [5, 5.41) is 11.1. The van der Waals surface area contributed by atoms with Gasteiger partial charge in [-0.3, -0.25) is 14.7 Å². The molecule has 1 N–H and O–H groups in total. The van der Waals surface area contributed by atoms with E-state index in [1.165, 1.54) is 10.7 Å². The van der Waals surface area contributed by atoms with E-state index in [0.29, 0.717) is 6.54 Å². The summed E-state index contributed by atoms with van der Waals surface area (Å²) in [5.74, 6) is -0.0838. The van der Waals surface area contributed by atoms with Crippen LogP contribution in [0.1, 0.15) is 36.7 Å². The third-order valence-corrected chi connectivity index (χ3v) is 3.99. The van der Waals surface area contributed by atoms with E-state index in [9.17, 15) is 9.59 Å². The molecule has 116 valence electrons. The first-order valence-corrected chi connectivity index (χ1v) is 7.48. The standard InChI is InChI=1S/C15H19N5O2/c1-11-5-6-14(21)20(18-11)10-15(22)19-9-3-2-4-13(19)12-7-8-16-17-12/h5-8,13H,2-4,9-10H2,1H3,(H,16,17)/t13-/m1/s1. The summed E-state index contributed by atoms with van der Waals surface area (Å²) < 4.78 is 1.23. The largest absolute Gasteiger partial charge is 0.333 e. The second kappa shape index (κ2) is 6.13. The van der Waals surface area contributed by atoms with Gasteiger partial charge < -0.3 is 4.90 Å². The van der Waals surface area contributed by atoms with Crippen molar-refractivity contribution in [3.05, 3.63) is 46.1 Å². The maximum Gasteiger partial charge on any atom is 0.267 e. The zero-order chi connectivity index (χ0) is 15.5. The van der Waals surface area contributed by atoms with Crippen LogP contribution in [0.15, 0.2) is 29.2 Å². The van der Waals surface area contributed by atoms with E-state index in [0.717, 1.165) is 30.7 Å². The van der Waals surface area contributed by atoms with E-state index >= 15 is 0 Å². The first-order valence-electron chi connectivity index (χ1n) is 7.48. The fraction of sp³-hybridized carbons (Fsp3) is 0.467. The highest BCUT2D eigenvalue weighted by atomic mass is 16.2. The van der Waals surface area contributed by atoms with Gasteiger partial charge in [-0.05, 0) is 38.3 Å². The molecule has 3 heterocycles. The molecule has 2 aromatic heterocycles. The van der Waals surface area contributed by atoms with Crippen LogP contribution >= 0.6 is 0 Å². The number of likely N-dealkylation sites (tertiary alicyclic amines) is 1. The Hall–Kier alpha value is -2.44. The predicted octanol–water partition coefficient (Wildman–Crippen LogP) is 1.03. The van der Waals surface area contributed by atoms with Crippen molar-refractivity contribution in [1.82, 2.24) is 24.9 Å². The average Bonchev–Trinajstić information content (AvgIpc) is 3.05. The molecule has 0 bridgehead atoms. The molecule has 0 saturated carbocycles. The van der Waals surface area contributed by atoms with Gasteiger partial charge >= 0.3 is 0 Å². The highest BCUT2D eigenvalue weighted by Gasteiger charge is 2.29. The lowest BCUT2D eigenvalue weighted by Gasteiger charge is -2.35. The van der Waals surface area contributed by atoms with Crippen molar-refractivity contribution in [2.75, 3.05) is 6.54 Å². The van der Waals surface area contributed by atoms with Crippen molar-refractivity contribution >= 4 is 5.91 Å². The molecule has 3 rings (SSSR count). The molecule has 1 aliphatic heterocycles. The molecule has 0 unspecified atom stereocenters. The number of carbonyl (C=O) groups is 1. The fourth-order valence-corrected chi connectivity index (χ4v) is 2.89. The molecule has 0 spiro atoms. The first kappa shape index (κ1) is 14.5. The van der Waals surface area contributed by atoms with Crippen molar-refractivity contribution in [3.63, 3.8) is 0 Å². The molecule has 1 aliphatic rings. The van der Waals surface area contributed by atoms with Gasteiger partial charge in [-0.2, -0.15) is 10.2 Å². The maximum absolute atomic E-state index is 12.6. The van der Waals surface area contributed by atoms with Gasteiger partial charge in [0.05, 0.1) is 17.4 Å². The summed E-state index contributed by atoms with van der Waals surface area (Å²) >= 11 is 0. The second-order valence-corrected chi connectivity index (χ2v) is 5.58. The number of aryl methyl sites for hydroxylation is 1. The number of hydrogen-bond donors (Lipinski definition) is 1. The van der Waals surface area contributed by atoms with Gasteiger partial charge in [-0.25, -0.2) is 4.68 Å². The molecule has 22 heavy (non-hydrogen) atoms. The Kier molecular flexibility index (Phi) is 4.04. The Bertz CT molecular complexity index is 707. The molecular formula is C15H19N5O2. The Morgan fingerprint density at radius 3 is 3.00 bits per heavy atom. The van der Waals surface area contributed by atoms with Crippen LogP contribution in [-0.2, 0) is 11.3 Å². The molecule has 1 fully saturated rings. The Balaban J connectivity index is 1.80. The molecule has 2 aromatic rings. The van der Waals surface area contributed by atoms with E-state index in [2.05, 4.69) is 15.3 Å². The van der Waals surface area contributed by atoms with Gasteiger partial charge in [-0.1, -0.05) is 0 Å². The number of hydrogen-bond acceptors (Lipinski definition) is 4. The smallest absolute Gasteiger partial charge is 0.267 e. The Labute approximate surface area is 128 Å². The quantitative estimate of drug-likeness (QED) is 0.917. The third kappa shape index (κ3) is 2.93. The van der Waals surface area contributed by atoms with Gasteiger partial charge in [-0.15, -0.1) is 0 Å². The van der Waals surface area contributed by atoms with Crippen molar-refractivity contribution in [3.8, 4) is 0 Å². The molecule has 1 atom stereocenters. The minimum Gasteiger partial charge on any atom is -0.333 e. The summed E-state index contributed by atoms with van der Waals surface area (Å²) in [4.78, 5) is 26.3. The van der Waals surface area contributed by atoms with Gasteiger partial charge in [0.25, 0.3) is 5.56 Å². The maximum atomic E-state index is 12.6. The van der Waals surface area contributed by atoms with Crippen molar-refractivity contribution in [2.45, 2.75) is 38.8 Å². The van der Waals surface area contributed by atoms with Crippen LogP contribution in [0, 0.1) is 6.92 Å². The van der Waals surface area contributed by atoms with Crippen LogP contribution in [0.2, 0.25) is 0 Å². The normalized spacial score (nSPS) is 18.4. The number of nitrogens with one attached hydrogen (secondary N) is 1. The minimum atomic E-state index is -0.256. The SMILES string of the molecule is Cc1ccc(=O)n(CC(=O)N2CCCC[C@@H]2c2ccn[nH]2)n1. The topological polar surface area (TPSA) is 83.9 Å². The number of aromatic nitrogens is 4. The molecule has 0 radical (unpaired) electrons.